The minimum Gasteiger partial charge on any atom is -0.468 e. The largest absolute Gasteiger partial charge is 0.468 e. The summed E-state index contributed by atoms with van der Waals surface area (Å²) in [5, 5.41) is 2.14. The van der Waals surface area contributed by atoms with E-state index in [2.05, 4.69) is 5.32 Å². The molecule has 0 spiro atoms. The Balaban J connectivity index is 3.60. The highest BCUT2D eigenvalue weighted by molar-refractivity contribution is 8.01. The number of methoxy groups -OCH3 is 1. The van der Waals surface area contributed by atoms with Crippen LogP contribution in [-0.2, 0) is 57.2 Å². The smallest absolute Gasteiger partial charge is 0.324 e. The number of nitrogens with one attached hydrogen (secondary N) is 1. The fraction of sp³-hybridized carbons (Fsp3) is 0.727. The predicted octanol–water partition coefficient (Wildman–Crippen LogP) is 0.259. The van der Waals surface area contributed by atoms with Crippen molar-refractivity contribution in [3.8, 4) is 0 Å². The van der Waals surface area contributed by atoms with Crippen molar-refractivity contribution in [3.05, 3.63) is 0 Å². The van der Waals surface area contributed by atoms with E-state index < -0.39 is 83.0 Å². The third-order valence-corrected chi connectivity index (χ3v) is 6.38. The molecule has 0 aromatic heterocycles. The van der Waals surface area contributed by atoms with Gasteiger partial charge in [-0.2, -0.15) is 0 Å². The first-order chi connectivity index (χ1) is 16.6. The summed E-state index contributed by atoms with van der Waals surface area (Å²) in [5.74, 6) is -4.57. The van der Waals surface area contributed by atoms with Gasteiger partial charge in [0.25, 0.3) is 0 Å². The van der Waals surface area contributed by atoms with Crippen LogP contribution in [0.1, 0.15) is 48.5 Å². The summed E-state index contributed by atoms with van der Waals surface area (Å²) >= 11 is 1.19. The molecule has 13 nitrogen and oxygen atoms in total. The quantitative estimate of drug-likeness (QED) is 0.282. The van der Waals surface area contributed by atoms with Crippen LogP contribution < -0.4 is 5.32 Å². The molecule has 14 heteroatoms. The van der Waals surface area contributed by atoms with Gasteiger partial charge in [-0.05, 0) is 13.8 Å². The van der Waals surface area contributed by atoms with Gasteiger partial charge in [-0.1, -0.05) is 0 Å². The monoisotopic (exact) mass is 535 g/mol. The maximum Gasteiger partial charge on any atom is 0.324 e. The van der Waals surface area contributed by atoms with Crippen LogP contribution in [0.25, 0.3) is 0 Å². The van der Waals surface area contributed by atoms with Gasteiger partial charge in [-0.25, -0.2) is 0 Å². The van der Waals surface area contributed by atoms with E-state index in [4.69, 9.17) is 28.4 Å². The number of rotatable bonds is 11. The van der Waals surface area contributed by atoms with Crippen molar-refractivity contribution in [2.24, 2.45) is 0 Å². The molecule has 1 aliphatic heterocycles. The minimum atomic E-state index is -1.57. The Kier molecular flexibility index (Phi) is 11.6. The van der Waals surface area contributed by atoms with Crippen molar-refractivity contribution < 1.29 is 57.2 Å². The zero-order valence-electron chi connectivity index (χ0n) is 21.5. The first-order valence-electron chi connectivity index (χ1n) is 10.9. The summed E-state index contributed by atoms with van der Waals surface area (Å²) in [4.78, 5) is 71.8. The third kappa shape index (κ3) is 9.30. The summed E-state index contributed by atoms with van der Waals surface area (Å²) < 4.78 is 30.6. The van der Waals surface area contributed by atoms with Crippen molar-refractivity contribution >= 4 is 47.6 Å². The lowest BCUT2D eigenvalue weighted by Gasteiger charge is -2.37. The highest BCUT2D eigenvalue weighted by Gasteiger charge is 2.54. The fourth-order valence-electron chi connectivity index (χ4n) is 3.59. The van der Waals surface area contributed by atoms with Crippen LogP contribution in [0.4, 0.5) is 0 Å². The molecule has 1 rings (SSSR count). The van der Waals surface area contributed by atoms with Crippen LogP contribution in [0, 0.1) is 0 Å². The summed E-state index contributed by atoms with van der Waals surface area (Å²) in [7, 11) is 1.22. The molecule has 0 unspecified atom stereocenters. The first-order valence-corrected chi connectivity index (χ1v) is 11.8. The van der Waals surface area contributed by atoms with Gasteiger partial charge in [-0.15, -0.1) is 11.8 Å². The second-order valence-electron chi connectivity index (χ2n) is 8.44. The second-order valence-corrected chi connectivity index (χ2v) is 10.2. The van der Waals surface area contributed by atoms with Gasteiger partial charge in [-0.3, -0.25) is 34.1 Å². The Morgan fingerprint density at radius 1 is 0.778 bits per heavy atom. The van der Waals surface area contributed by atoms with E-state index in [9.17, 15) is 28.8 Å². The maximum atomic E-state index is 12.4. The van der Waals surface area contributed by atoms with Gasteiger partial charge in [0.1, 0.15) is 12.6 Å². The van der Waals surface area contributed by atoms with E-state index in [1.807, 2.05) is 0 Å². The van der Waals surface area contributed by atoms with Gasteiger partial charge in [0, 0.05) is 39.4 Å². The lowest BCUT2D eigenvalue weighted by atomic mass is 10.00. The highest BCUT2D eigenvalue weighted by atomic mass is 32.2. The van der Waals surface area contributed by atoms with Gasteiger partial charge in [0.15, 0.2) is 24.4 Å². The van der Waals surface area contributed by atoms with E-state index in [1.54, 1.807) is 13.8 Å². The maximum absolute atomic E-state index is 12.4. The average Bonchev–Trinajstić information content (AvgIpc) is 3.05. The molecule has 1 aliphatic rings. The Morgan fingerprint density at radius 2 is 1.28 bits per heavy atom. The molecule has 1 heterocycles. The molecule has 1 fully saturated rings. The molecular weight excluding hydrogens is 502 g/mol. The van der Waals surface area contributed by atoms with Gasteiger partial charge >= 0.3 is 35.8 Å². The molecule has 0 saturated carbocycles. The molecule has 1 N–H and O–H groups in total. The van der Waals surface area contributed by atoms with Crippen molar-refractivity contribution in [2.45, 2.75) is 89.0 Å². The Labute approximate surface area is 213 Å². The molecule has 204 valence electrons. The van der Waals surface area contributed by atoms with Crippen molar-refractivity contribution in [1.29, 1.82) is 0 Å². The van der Waals surface area contributed by atoms with E-state index in [0.29, 0.717) is 0 Å². The topological polar surface area (TPSA) is 170 Å². The number of hydrogen-bond acceptors (Lipinski definition) is 14. The Hall–Kier alpha value is -2.87. The van der Waals surface area contributed by atoms with Gasteiger partial charge in [0.05, 0.1) is 12.5 Å². The number of esters is 6. The van der Waals surface area contributed by atoms with E-state index in [1.165, 1.54) is 18.9 Å². The molecule has 0 amide bonds. The van der Waals surface area contributed by atoms with Crippen LogP contribution in [0.2, 0.25) is 0 Å². The van der Waals surface area contributed by atoms with Gasteiger partial charge < -0.3 is 28.4 Å². The summed E-state index contributed by atoms with van der Waals surface area (Å²) in [6.45, 7) is 8.40. The number of carbonyl (C=O) groups excluding carboxylic acids is 6. The number of thioether (sulfide) groups is 1. The van der Waals surface area contributed by atoms with Crippen LogP contribution >= 0.6 is 11.8 Å². The number of ether oxygens (including phenoxy) is 6. The third-order valence-electron chi connectivity index (χ3n) is 4.88. The molecule has 1 saturated heterocycles. The molecular formula is C22H33NO12S. The Bertz CT molecular complexity index is 860. The zero-order chi connectivity index (χ0) is 27.8. The molecule has 0 aliphatic carbocycles. The second kappa shape index (κ2) is 13.4. The van der Waals surface area contributed by atoms with Crippen molar-refractivity contribution in [3.63, 3.8) is 0 Å². The minimum absolute atomic E-state index is 0.557. The zero-order valence-corrected chi connectivity index (χ0v) is 22.3. The van der Waals surface area contributed by atoms with Crippen LogP contribution in [0.5, 0.6) is 0 Å². The molecule has 0 bridgehead atoms. The predicted molar refractivity (Wildman–Crippen MR) is 123 cm³/mol. The number of carbonyl (C=O) groups is 6. The van der Waals surface area contributed by atoms with Crippen LogP contribution in [0.15, 0.2) is 0 Å². The highest BCUT2D eigenvalue weighted by Crippen LogP contribution is 2.41. The van der Waals surface area contributed by atoms with Gasteiger partial charge in [0.2, 0.25) is 0 Å². The average molecular weight is 536 g/mol. The summed E-state index contributed by atoms with van der Waals surface area (Å²) in [6.07, 6.45) is -5.91. The fourth-order valence-corrected chi connectivity index (χ4v) is 5.09. The van der Waals surface area contributed by atoms with Crippen molar-refractivity contribution in [1.82, 2.24) is 5.32 Å². The summed E-state index contributed by atoms with van der Waals surface area (Å²) in [6, 6.07) is -0.842. The van der Waals surface area contributed by atoms with E-state index >= 15 is 0 Å². The lowest BCUT2D eigenvalue weighted by molar-refractivity contribution is -0.203. The normalized spacial score (nSPS) is 21.7. The summed E-state index contributed by atoms with van der Waals surface area (Å²) in [5.41, 5.74) is 0. The van der Waals surface area contributed by atoms with E-state index in [0.717, 1.165) is 34.6 Å². The van der Waals surface area contributed by atoms with Crippen LogP contribution in [0.3, 0.4) is 0 Å². The lowest BCUT2D eigenvalue weighted by Crippen LogP contribution is -2.58. The SMILES string of the molecule is COC(=O)[C@H]1N[C@H]([C@@H](OC(C)=O)[C@H](OC(C)=O)[C@H](OC(C)=O)[C@H](COC(C)=O)OC(C)=O)SC1(C)C. The number of hydrogen-bond donors (Lipinski definition) is 1. The Morgan fingerprint density at radius 3 is 1.72 bits per heavy atom. The van der Waals surface area contributed by atoms with E-state index in [-0.39, 0.29) is 0 Å². The van der Waals surface area contributed by atoms with Crippen LogP contribution in [-0.4, -0.2) is 90.1 Å². The standard InChI is InChI=1S/C22H33NO12S/c1-10(24)31-9-15(32-11(2)25)16(33-12(3)26)17(34-13(4)27)18(35-14(5)28)20-23-19(21(29)30-8)22(6,7)36-20/h15-20,23H,9H2,1-8H3/t15-,16+,17+,18-,19+,20-/m0/s1. The molecule has 0 radical (unpaired) electrons. The molecule has 6 atom stereocenters. The first kappa shape index (κ1) is 31.2. The molecule has 0 aromatic carbocycles. The molecule has 36 heavy (non-hydrogen) atoms. The van der Waals surface area contributed by atoms with Crippen molar-refractivity contribution in [2.75, 3.05) is 13.7 Å². The molecule has 0 aromatic rings.